The van der Waals surface area contributed by atoms with Gasteiger partial charge >= 0.3 is 6.18 Å². The normalized spacial score (nSPS) is 28.2. The third-order valence-corrected chi connectivity index (χ3v) is 5.56. The van der Waals surface area contributed by atoms with Crippen LogP contribution in [-0.2, 0) is 10.9 Å². The Hall–Kier alpha value is -2.53. The van der Waals surface area contributed by atoms with Crippen molar-refractivity contribution in [1.29, 1.82) is 0 Å². The van der Waals surface area contributed by atoms with E-state index >= 15 is 0 Å². The molecule has 4 rings (SSSR count). The number of rotatable bonds is 3. The second-order valence-electron chi connectivity index (χ2n) is 7.61. The molecule has 2 aromatic heterocycles. The van der Waals surface area contributed by atoms with E-state index in [-0.39, 0.29) is 5.56 Å². The first-order valence-electron chi connectivity index (χ1n) is 9.21. The molecule has 0 aliphatic carbocycles. The summed E-state index contributed by atoms with van der Waals surface area (Å²) in [5.74, 6) is 0. The Bertz CT molecular complexity index is 1080. The molecule has 7 nitrogen and oxygen atoms in total. The number of fused-ring (bicyclic) bond motifs is 1. The van der Waals surface area contributed by atoms with Crippen LogP contribution in [0.1, 0.15) is 36.1 Å². The number of aryl methyl sites for hydroxylation is 1. The third kappa shape index (κ3) is 3.25. The molecule has 1 saturated heterocycles. The first-order chi connectivity index (χ1) is 14.0. The summed E-state index contributed by atoms with van der Waals surface area (Å²) in [6, 6.07) is 5.88. The van der Waals surface area contributed by atoms with Gasteiger partial charge in [0.15, 0.2) is 6.23 Å². The van der Waals surface area contributed by atoms with Crippen LogP contribution in [0.15, 0.2) is 42.9 Å². The summed E-state index contributed by atoms with van der Waals surface area (Å²) in [5.41, 5.74) is -1.80. The number of aliphatic hydroxyl groups excluding tert-OH is 2. The third-order valence-electron chi connectivity index (χ3n) is 5.56. The molecule has 1 aliphatic heterocycles. The zero-order valence-electron chi connectivity index (χ0n) is 16.1. The van der Waals surface area contributed by atoms with E-state index in [0.29, 0.717) is 11.3 Å². The maximum Gasteiger partial charge on any atom is 0.416 e. The van der Waals surface area contributed by atoms with Crippen molar-refractivity contribution in [2.75, 3.05) is 0 Å². The number of ether oxygens (including phenoxy) is 1. The Kier molecular flexibility index (Phi) is 4.85. The van der Waals surface area contributed by atoms with Gasteiger partial charge in [-0.1, -0.05) is 12.1 Å². The zero-order valence-corrected chi connectivity index (χ0v) is 16.1. The lowest BCUT2D eigenvalue weighted by molar-refractivity contribution is -0.138. The van der Waals surface area contributed by atoms with Gasteiger partial charge in [0.1, 0.15) is 35.9 Å². The predicted octanol–water partition coefficient (Wildman–Crippen LogP) is 2.50. The van der Waals surface area contributed by atoms with Gasteiger partial charge < -0.3 is 24.6 Å². The van der Waals surface area contributed by atoms with E-state index in [1.807, 2.05) is 0 Å². The number of halogens is 3. The van der Waals surface area contributed by atoms with Gasteiger partial charge in [-0.25, -0.2) is 9.97 Å². The van der Waals surface area contributed by atoms with Crippen molar-refractivity contribution in [2.45, 2.75) is 50.2 Å². The van der Waals surface area contributed by atoms with Crippen molar-refractivity contribution in [3.63, 3.8) is 0 Å². The molecule has 0 bridgehead atoms. The molecule has 0 saturated carbocycles. The second-order valence-corrected chi connectivity index (χ2v) is 7.61. The van der Waals surface area contributed by atoms with Crippen molar-refractivity contribution in [2.24, 2.45) is 0 Å². The van der Waals surface area contributed by atoms with E-state index in [1.54, 1.807) is 19.2 Å². The van der Waals surface area contributed by atoms with Crippen LogP contribution in [0.25, 0.3) is 11.0 Å². The van der Waals surface area contributed by atoms with Crippen molar-refractivity contribution in [3.05, 3.63) is 59.7 Å². The highest BCUT2D eigenvalue weighted by Gasteiger charge is 2.56. The average molecular weight is 423 g/mol. The molecule has 10 heteroatoms. The monoisotopic (exact) mass is 423 g/mol. The summed E-state index contributed by atoms with van der Waals surface area (Å²) in [6.45, 7) is 3.06. The number of nitrogens with zero attached hydrogens (tertiary/aromatic N) is 3. The molecule has 3 heterocycles. The van der Waals surface area contributed by atoms with Crippen LogP contribution in [0.5, 0.6) is 0 Å². The maximum atomic E-state index is 13.0. The topological polar surface area (TPSA) is 101 Å². The van der Waals surface area contributed by atoms with Crippen LogP contribution in [0.4, 0.5) is 13.2 Å². The molecule has 1 aromatic carbocycles. The van der Waals surface area contributed by atoms with E-state index in [2.05, 4.69) is 9.97 Å². The molecule has 0 amide bonds. The summed E-state index contributed by atoms with van der Waals surface area (Å²) < 4.78 is 46.4. The molecule has 30 heavy (non-hydrogen) atoms. The minimum atomic E-state index is -4.58. The lowest BCUT2D eigenvalue weighted by Gasteiger charge is -2.30. The number of benzene rings is 1. The Morgan fingerprint density at radius 3 is 2.67 bits per heavy atom. The Balaban J connectivity index is 1.69. The van der Waals surface area contributed by atoms with Gasteiger partial charge in [0, 0.05) is 11.6 Å². The SMILES string of the molecule is Cc1ncnc2c1ccn2[C@@H]1O[C@H]([C@@H](O)c2cccc(C(F)(F)F)c2)[C@@](C)(O)[C@H]1O. The summed E-state index contributed by atoms with van der Waals surface area (Å²) in [5, 5.41) is 33.1. The van der Waals surface area contributed by atoms with Crippen molar-refractivity contribution in [1.82, 2.24) is 14.5 Å². The van der Waals surface area contributed by atoms with Crippen LogP contribution < -0.4 is 0 Å². The van der Waals surface area contributed by atoms with Crippen molar-refractivity contribution < 1.29 is 33.2 Å². The number of alkyl halides is 3. The van der Waals surface area contributed by atoms with Gasteiger partial charge in [-0.15, -0.1) is 0 Å². The average Bonchev–Trinajstić information content (AvgIpc) is 3.21. The number of aromatic nitrogens is 3. The Labute approximate surface area is 169 Å². The number of hydrogen-bond acceptors (Lipinski definition) is 6. The van der Waals surface area contributed by atoms with Crippen LogP contribution in [0.2, 0.25) is 0 Å². The summed E-state index contributed by atoms with van der Waals surface area (Å²) >= 11 is 0. The molecular formula is C20H20F3N3O4. The lowest BCUT2D eigenvalue weighted by atomic mass is 9.88. The fourth-order valence-electron chi connectivity index (χ4n) is 3.81. The smallest absolute Gasteiger partial charge is 0.386 e. The maximum absolute atomic E-state index is 13.0. The molecule has 5 atom stereocenters. The van der Waals surface area contributed by atoms with E-state index in [1.165, 1.54) is 23.9 Å². The van der Waals surface area contributed by atoms with Crippen LogP contribution in [0.3, 0.4) is 0 Å². The molecule has 0 unspecified atom stereocenters. The highest BCUT2D eigenvalue weighted by Crippen LogP contribution is 2.44. The van der Waals surface area contributed by atoms with Gasteiger partial charge in [0.25, 0.3) is 0 Å². The van der Waals surface area contributed by atoms with Gasteiger partial charge in [0.2, 0.25) is 0 Å². The fourth-order valence-corrected chi connectivity index (χ4v) is 3.81. The summed E-state index contributed by atoms with van der Waals surface area (Å²) in [6.07, 6.45) is -7.22. The number of aliphatic hydroxyl groups is 3. The zero-order chi connectivity index (χ0) is 21.8. The van der Waals surface area contributed by atoms with Crippen molar-refractivity contribution in [3.8, 4) is 0 Å². The highest BCUT2D eigenvalue weighted by atomic mass is 19.4. The van der Waals surface area contributed by atoms with Gasteiger partial charge in [-0.3, -0.25) is 0 Å². The molecular weight excluding hydrogens is 403 g/mol. The predicted molar refractivity (Wildman–Crippen MR) is 99.2 cm³/mol. The van der Waals surface area contributed by atoms with Crippen LogP contribution in [-0.4, -0.2) is 47.7 Å². The summed E-state index contributed by atoms with van der Waals surface area (Å²) in [7, 11) is 0. The van der Waals surface area contributed by atoms with Crippen LogP contribution >= 0.6 is 0 Å². The van der Waals surface area contributed by atoms with Crippen LogP contribution in [0, 0.1) is 6.92 Å². The fraction of sp³-hybridized carbons (Fsp3) is 0.400. The molecule has 1 fully saturated rings. The quantitative estimate of drug-likeness (QED) is 0.599. The molecule has 3 aromatic rings. The van der Waals surface area contributed by atoms with Gasteiger partial charge in [0.05, 0.1) is 11.3 Å². The van der Waals surface area contributed by atoms with E-state index in [9.17, 15) is 28.5 Å². The molecule has 3 N–H and O–H groups in total. The van der Waals surface area contributed by atoms with E-state index < -0.39 is 41.9 Å². The minimum absolute atomic E-state index is 0.0847. The molecule has 0 radical (unpaired) electrons. The van der Waals surface area contributed by atoms with Gasteiger partial charge in [-0.2, -0.15) is 13.2 Å². The second kappa shape index (κ2) is 7.02. The minimum Gasteiger partial charge on any atom is -0.386 e. The van der Waals surface area contributed by atoms with E-state index in [0.717, 1.165) is 23.6 Å². The first kappa shape index (κ1) is 20.7. The molecule has 1 aliphatic rings. The van der Waals surface area contributed by atoms with Crippen molar-refractivity contribution >= 4 is 11.0 Å². The Morgan fingerprint density at radius 1 is 1.23 bits per heavy atom. The van der Waals surface area contributed by atoms with E-state index in [4.69, 9.17) is 4.74 Å². The lowest BCUT2D eigenvalue weighted by Crippen LogP contribution is -2.47. The largest absolute Gasteiger partial charge is 0.416 e. The standard InChI is InChI=1S/C20H20F3N3O4/c1-10-13-6-7-26(17(13)25-9-24-10)18-15(28)19(2,29)16(30-18)14(27)11-4-3-5-12(8-11)20(21,22)23/h3-9,14-16,18,27-29H,1-2H3/t14-,15-,16+,18+,19-/m0/s1. The Morgan fingerprint density at radius 2 is 1.97 bits per heavy atom. The highest BCUT2D eigenvalue weighted by molar-refractivity contribution is 5.78. The molecule has 160 valence electrons. The first-order valence-corrected chi connectivity index (χ1v) is 9.21. The summed E-state index contributed by atoms with van der Waals surface area (Å²) in [4.78, 5) is 8.28. The molecule has 0 spiro atoms. The van der Waals surface area contributed by atoms with Gasteiger partial charge in [-0.05, 0) is 37.6 Å². The number of hydrogen-bond donors (Lipinski definition) is 3.